The smallest absolute Gasteiger partial charge is 0.261 e. The maximum atomic E-state index is 13.6. The topological polar surface area (TPSA) is 121 Å². The molecule has 0 bridgehead atoms. The molecule has 30 heavy (non-hydrogen) atoms. The van der Waals surface area contributed by atoms with E-state index in [2.05, 4.69) is 25.3 Å². The van der Waals surface area contributed by atoms with Crippen LogP contribution in [0.15, 0.2) is 17.1 Å². The Labute approximate surface area is 174 Å². The number of hydrogen-bond donors (Lipinski definition) is 2. The summed E-state index contributed by atoms with van der Waals surface area (Å²) in [5.41, 5.74) is 8.12. The van der Waals surface area contributed by atoms with Crippen molar-refractivity contribution in [1.82, 2.24) is 24.5 Å². The second-order valence-corrected chi connectivity index (χ2v) is 7.59. The van der Waals surface area contributed by atoms with Crippen LogP contribution in [-0.2, 0) is 0 Å². The number of aryl methyl sites for hydroxylation is 1. The highest BCUT2D eigenvalue weighted by Gasteiger charge is 2.24. The highest BCUT2D eigenvalue weighted by Crippen LogP contribution is 2.32. The van der Waals surface area contributed by atoms with Crippen LogP contribution in [0, 0.1) is 6.92 Å². The van der Waals surface area contributed by atoms with Gasteiger partial charge in [0, 0.05) is 18.5 Å². The average molecular weight is 409 g/mol. The fourth-order valence-corrected chi connectivity index (χ4v) is 3.96. The van der Waals surface area contributed by atoms with Crippen LogP contribution in [0.25, 0.3) is 22.3 Å². The third-order valence-corrected chi connectivity index (χ3v) is 5.48. The second-order valence-electron chi connectivity index (χ2n) is 7.59. The number of aromatic nitrogens is 5. The molecule has 3 aromatic heterocycles. The van der Waals surface area contributed by atoms with Crippen LogP contribution in [0.3, 0.4) is 0 Å². The lowest BCUT2D eigenvalue weighted by Crippen LogP contribution is -2.27. The molecule has 3 heterocycles. The Bertz CT molecular complexity index is 1140. The Morgan fingerprint density at radius 1 is 1.27 bits per heavy atom. The number of hydrogen-bond acceptors (Lipinski definition) is 8. The molecule has 1 fully saturated rings. The van der Waals surface area contributed by atoms with Gasteiger partial charge in [-0.2, -0.15) is 4.98 Å². The predicted molar refractivity (Wildman–Crippen MR) is 117 cm³/mol. The summed E-state index contributed by atoms with van der Waals surface area (Å²) in [5.74, 6) is 0.962. The Kier molecular flexibility index (Phi) is 5.52. The van der Waals surface area contributed by atoms with Gasteiger partial charge in [-0.25, -0.2) is 15.0 Å². The molecule has 0 amide bonds. The summed E-state index contributed by atoms with van der Waals surface area (Å²) < 4.78 is 7.44. The first kappa shape index (κ1) is 20.1. The molecule has 0 atom stereocenters. The van der Waals surface area contributed by atoms with Crippen molar-refractivity contribution in [3.8, 4) is 17.1 Å². The molecule has 1 saturated carbocycles. The van der Waals surface area contributed by atoms with Gasteiger partial charge in [0.25, 0.3) is 11.4 Å². The van der Waals surface area contributed by atoms with Crippen molar-refractivity contribution >= 4 is 22.8 Å². The minimum Gasteiger partial charge on any atom is -0.475 e. The molecule has 158 valence electrons. The minimum absolute atomic E-state index is 0.108. The number of nitrogen functional groups attached to an aromatic ring is 1. The van der Waals surface area contributed by atoms with E-state index in [0.717, 1.165) is 43.2 Å². The van der Waals surface area contributed by atoms with Crippen LogP contribution in [0.5, 0.6) is 5.88 Å². The molecular formula is C21H27N7O2. The third kappa shape index (κ3) is 3.55. The molecule has 3 N–H and O–H groups in total. The zero-order chi connectivity index (χ0) is 21.3. The normalized spacial score (nSPS) is 14.4. The van der Waals surface area contributed by atoms with Crippen molar-refractivity contribution < 1.29 is 4.74 Å². The van der Waals surface area contributed by atoms with Crippen LogP contribution in [0.1, 0.15) is 50.8 Å². The molecule has 0 aromatic carbocycles. The molecule has 0 radical (unpaired) electrons. The van der Waals surface area contributed by atoms with Gasteiger partial charge in [-0.05, 0) is 32.3 Å². The molecule has 9 heteroatoms. The summed E-state index contributed by atoms with van der Waals surface area (Å²) in [4.78, 5) is 31.5. The summed E-state index contributed by atoms with van der Waals surface area (Å²) >= 11 is 0. The van der Waals surface area contributed by atoms with Crippen molar-refractivity contribution in [2.75, 3.05) is 24.7 Å². The van der Waals surface area contributed by atoms with E-state index in [9.17, 15) is 4.79 Å². The summed E-state index contributed by atoms with van der Waals surface area (Å²) in [6, 6.07) is 1.92. The van der Waals surface area contributed by atoms with E-state index in [4.69, 9.17) is 10.5 Å². The Hall–Kier alpha value is -3.23. The molecule has 4 rings (SSSR count). The lowest BCUT2D eigenvalue weighted by atomic mass is 10.1. The van der Waals surface area contributed by atoms with E-state index in [1.165, 1.54) is 6.20 Å². The highest BCUT2D eigenvalue weighted by molar-refractivity contribution is 5.83. The van der Waals surface area contributed by atoms with E-state index < -0.39 is 0 Å². The molecule has 1 aliphatic carbocycles. The van der Waals surface area contributed by atoms with Gasteiger partial charge in [0.1, 0.15) is 5.65 Å². The molecular weight excluding hydrogens is 382 g/mol. The second kappa shape index (κ2) is 8.25. The largest absolute Gasteiger partial charge is 0.475 e. The van der Waals surface area contributed by atoms with Gasteiger partial charge in [-0.15, -0.1) is 0 Å². The number of pyridine rings is 1. The Morgan fingerprint density at radius 2 is 2.03 bits per heavy atom. The standard InChI is InChI=1S/C21H27N7O2/c1-4-9-30-19-17(22)24-11-16(26-19)15-10-14-12(2)25-21(23-3)27-18(14)28(20(15)29)13-7-5-6-8-13/h10-11,13H,4-9H2,1-3H3,(H2,22,24)(H,23,25,27). The Balaban J connectivity index is 1.96. The van der Waals surface area contributed by atoms with Crippen LogP contribution < -0.4 is 21.3 Å². The molecule has 3 aromatic rings. The number of nitrogens with one attached hydrogen (secondary N) is 1. The van der Waals surface area contributed by atoms with Gasteiger partial charge in [0.15, 0.2) is 5.82 Å². The van der Waals surface area contributed by atoms with E-state index in [-0.39, 0.29) is 23.3 Å². The zero-order valence-corrected chi connectivity index (χ0v) is 17.6. The summed E-state index contributed by atoms with van der Waals surface area (Å²) in [6.45, 7) is 4.40. The van der Waals surface area contributed by atoms with E-state index in [0.29, 0.717) is 29.5 Å². The number of ether oxygens (including phenoxy) is 1. The predicted octanol–water partition coefficient (Wildman–Crippen LogP) is 3.08. The molecule has 0 saturated heterocycles. The van der Waals surface area contributed by atoms with E-state index in [1.807, 2.05) is 24.5 Å². The average Bonchev–Trinajstić information content (AvgIpc) is 3.27. The van der Waals surface area contributed by atoms with Crippen LogP contribution in [-0.4, -0.2) is 38.2 Å². The fraction of sp³-hybridized carbons (Fsp3) is 0.476. The van der Waals surface area contributed by atoms with Gasteiger partial charge in [0.2, 0.25) is 5.95 Å². The third-order valence-electron chi connectivity index (χ3n) is 5.48. The number of nitrogens with zero attached hydrogens (tertiary/aromatic N) is 5. The zero-order valence-electron chi connectivity index (χ0n) is 17.6. The molecule has 0 aliphatic heterocycles. The van der Waals surface area contributed by atoms with Crippen molar-refractivity contribution in [2.45, 2.75) is 52.0 Å². The first-order chi connectivity index (χ1) is 14.5. The monoisotopic (exact) mass is 409 g/mol. The highest BCUT2D eigenvalue weighted by atomic mass is 16.5. The van der Waals surface area contributed by atoms with Gasteiger partial charge < -0.3 is 15.8 Å². The fourth-order valence-electron chi connectivity index (χ4n) is 3.96. The van der Waals surface area contributed by atoms with E-state index in [1.54, 1.807) is 7.05 Å². The molecule has 0 unspecified atom stereocenters. The number of fused-ring (bicyclic) bond motifs is 1. The van der Waals surface area contributed by atoms with Gasteiger partial charge in [-0.3, -0.25) is 9.36 Å². The quantitative estimate of drug-likeness (QED) is 0.637. The summed E-state index contributed by atoms with van der Waals surface area (Å²) in [6.07, 6.45) is 6.45. The first-order valence-electron chi connectivity index (χ1n) is 10.4. The number of rotatable bonds is 6. The SMILES string of the molecule is CCCOc1nc(-c2cc3c(C)nc(NC)nc3n(C3CCCC3)c2=O)cnc1N. The van der Waals surface area contributed by atoms with Crippen LogP contribution >= 0.6 is 0 Å². The van der Waals surface area contributed by atoms with E-state index >= 15 is 0 Å². The van der Waals surface area contributed by atoms with Crippen LogP contribution in [0.2, 0.25) is 0 Å². The Morgan fingerprint density at radius 3 is 2.73 bits per heavy atom. The van der Waals surface area contributed by atoms with Gasteiger partial charge in [0.05, 0.1) is 29.8 Å². The molecule has 9 nitrogen and oxygen atoms in total. The number of nitrogens with two attached hydrogens (primary N) is 1. The molecule has 0 spiro atoms. The molecule has 1 aliphatic rings. The van der Waals surface area contributed by atoms with Crippen molar-refractivity contribution in [3.05, 3.63) is 28.3 Å². The summed E-state index contributed by atoms with van der Waals surface area (Å²) in [5, 5.41) is 3.81. The lowest BCUT2D eigenvalue weighted by molar-refractivity contribution is 0.306. The van der Waals surface area contributed by atoms with Gasteiger partial charge in [-0.1, -0.05) is 19.8 Å². The maximum Gasteiger partial charge on any atom is 0.261 e. The summed E-state index contributed by atoms with van der Waals surface area (Å²) in [7, 11) is 1.77. The van der Waals surface area contributed by atoms with Crippen molar-refractivity contribution in [3.63, 3.8) is 0 Å². The minimum atomic E-state index is -0.130. The van der Waals surface area contributed by atoms with Crippen LogP contribution in [0.4, 0.5) is 11.8 Å². The first-order valence-corrected chi connectivity index (χ1v) is 10.4. The lowest BCUT2D eigenvalue weighted by Gasteiger charge is -2.19. The maximum absolute atomic E-state index is 13.6. The van der Waals surface area contributed by atoms with Crippen molar-refractivity contribution in [2.24, 2.45) is 0 Å². The van der Waals surface area contributed by atoms with Gasteiger partial charge >= 0.3 is 0 Å². The number of anilines is 2. The van der Waals surface area contributed by atoms with Crippen molar-refractivity contribution in [1.29, 1.82) is 0 Å².